The molecule has 0 aliphatic rings. The van der Waals surface area contributed by atoms with Crippen molar-refractivity contribution < 1.29 is 4.74 Å². The fourth-order valence-electron chi connectivity index (χ4n) is 2.96. The molecule has 0 aromatic heterocycles. The van der Waals surface area contributed by atoms with Crippen LogP contribution in [-0.2, 0) is 0 Å². The first-order chi connectivity index (χ1) is 12.6. The van der Waals surface area contributed by atoms with Crippen molar-refractivity contribution in [2.45, 2.75) is 6.92 Å². The molecule has 0 spiro atoms. The Labute approximate surface area is 156 Å². The Morgan fingerprint density at radius 2 is 1.19 bits per heavy atom. The second-order valence-corrected chi connectivity index (χ2v) is 6.61. The summed E-state index contributed by atoms with van der Waals surface area (Å²) >= 11 is 0. The molecule has 0 N–H and O–H groups in total. The third kappa shape index (κ3) is 4.41. The van der Waals surface area contributed by atoms with Gasteiger partial charge in [0.25, 0.3) is 0 Å². The molecule has 0 atom stereocenters. The molecule has 0 saturated heterocycles. The van der Waals surface area contributed by atoms with Gasteiger partial charge in [0.1, 0.15) is 12.5 Å². The summed E-state index contributed by atoms with van der Waals surface area (Å²) in [6, 6.07) is 29.5. The van der Waals surface area contributed by atoms with Crippen LogP contribution in [0.4, 0.5) is 0 Å². The SMILES string of the molecule is C/C(=C(\c1ccccc1)c1ccc(OCN(C)C)cc1)c1ccccc1. The van der Waals surface area contributed by atoms with Crippen molar-refractivity contribution >= 4 is 11.1 Å². The standard InChI is InChI=1S/C24H25NO/c1-19(20-10-6-4-7-11-20)24(21-12-8-5-9-13-21)22-14-16-23(17-15-22)26-18-25(2)3/h4-17H,18H2,1-3H3/b24-19-. The van der Waals surface area contributed by atoms with Crippen molar-refractivity contribution in [2.75, 3.05) is 20.8 Å². The summed E-state index contributed by atoms with van der Waals surface area (Å²) in [4.78, 5) is 2.00. The highest BCUT2D eigenvalue weighted by Gasteiger charge is 2.11. The van der Waals surface area contributed by atoms with E-state index in [1.165, 1.54) is 27.8 Å². The van der Waals surface area contributed by atoms with E-state index in [-0.39, 0.29) is 0 Å². The monoisotopic (exact) mass is 343 g/mol. The minimum Gasteiger partial charge on any atom is -0.478 e. The van der Waals surface area contributed by atoms with E-state index >= 15 is 0 Å². The van der Waals surface area contributed by atoms with Crippen LogP contribution in [-0.4, -0.2) is 25.7 Å². The maximum atomic E-state index is 5.76. The number of rotatable bonds is 6. The van der Waals surface area contributed by atoms with Gasteiger partial charge in [0.2, 0.25) is 0 Å². The quantitative estimate of drug-likeness (QED) is 0.429. The zero-order valence-electron chi connectivity index (χ0n) is 15.6. The number of nitrogens with zero attached hydrogens (tertiary/aromatic N) is 1. The highest BCUT2D eigenvalue weighted by molar-refractivity contribution is 5.97. The zero-order valence-corrected chi connectivity index (χ0v) is 15.6. The average Bonchev–Trinajstić information content (AvgIpc) is 2.69. The first-order valence-electron chi connectivity index (χ1n) is 8.85. The van der Waals surface area contributed by atoms with Crippen LogP contribution in [0.5, 0.6) is 5.75 Å². The molecule has 3 rings (SSSR count). The minimum absolute atomic E-state index is 0.573. The zero-order chi connectivity index (χ0) is 18.4. The molecular formula is C24H25NO. The molecule has 3 aromatic rings. The predicted molar refractivity (Wildman–Crippen MR) is 110 cm³/mol. The van der Waals surface area contributed by atoms with Crippen LogP contribution in [0.1, 0.15) is 23.6 Å². The number of hydrogen-bond donors (Lipinski definition) is 0. The van der Waals surface area contributed by atoms with Gasteiger partial charge in [0, 0.05) is 0 Å². The molecule has 0 heterocycles. The van der Waals surface area contributed by atoms with Crippen molar-refractivity contribution in [1.82, 2.24) is 4.90 Å². The molecular weight excluding hydrogens is 318 g/mol. The largest absolute Gasteiger partial charge is 0.478 e. The minimum atomic E-state index is 0.573. The van der Waals surface area contributed by atoms with Crippen LogP contribution in [0.15, 0.2) is 84.9 Å². The Hall–Kier alpha value is -2.84. The van der Waals surface area contributed by atoms with Gasteiger partial charge in [-0.15, -0.1) is 0 Å². The van der Waals surface area contributed by atoms with Crippen molar-refractivity contribution in [3.63, 3.8) is 0 Å². The molecule has 0 bridgehead atoms. The Kier molecular flexibility index (Phi) is 5.88. The third-order valence-corrected chi connectivity index (χ3v) is 4.28. The molecule has 0 aliphatic carbocycles. The fourth-order valence-corrected chi connectivity index (χ4v) is 2.96. The van der Waals surface area contributed by atoms with Crippen LogP contribution in [0.3, 0.4) is 0 Å². The topological polar surface area (TPSA) is 12.5 Å². The average molecular weight is 343 g/mol. The molecule has 0 unspecified atom stereocenters. The van der Waals surface area contributed by atoms with Crippen molar-refractivity contribution in [3.05, 3.63) is 102 Å². The van der Waals surface area contributed by atoms with E-state index in [0.717, 1.165) is 5.75 Å². The summed E-state index contributed by atoms with van der Waals surface area (Å²) in [5.41, 5.74) is 6.15. The number of hydrogen-bond acceptors (Lipinski definition) is 2. The summed E-state index contributed by atoms with van der Waals surface area (Å²) in [5, 5.41) is 0. The van der Waals surface area contributed by atoms with Gasteiger partial charge >= 0.3 is 0 Å². The van der Waals surface area contributed by atoms with Gasteiger partial charge < -0.3 is 4.74 Å². The molecule has 2 nitrogen and oxygen atoms in total. The lowest BCUT2D eigenvalue weighted by Gasteiger charge is -2.16. The predicted octanol–water partition coefficient (Wildman–Crippen LogP) is 5.56. The molecule has 132 valence electrons. The van der Waals surface area contributed by atoms with Gasteiger partial charge in [-0.25, -0.2) is 0 Å². The third-order valence-electron chi connectivity index (χ3n) is 4.28. The lowest BCUT2D eigenvalue weighted by Crippen LogP contribution is -2.18. The normalized spacial score (nSPS) is 12.0. The molecule has 0 amide bonds. The van der Waals surface area contributed by atoms with E-state index in [1.807, 2.05) is 31.1 Å². The van der Waals surface area contributed by atoms with Crippen molar-refractivity contribution in [3.8, 4) is 5.75 Å². The Morgan fingerprint density at radius 1 is 0.692 bits per heavy atom. The number of allylic oxidation sites excluding steroid dienone is 1. The van der Waals surface area contributed by atoms with Crippen LogP contribution in [0.25, 0.3) is 11.1 Å². The Bertz CT molecular complexity index is 850. The van der Waals surface area contributed by atoms with E-state index < -0.39 is 0 Å². The van der Waals surface area contributed by atoms with Crippen molar-refractivity contribution in [2.24, 2.45) is 0 Å². The van der Waals surface area contributed by atoms with Gasteiger partial charge in [-0.2, -0.15) is 0 Å². The summed E-state index contributed by atoms with van der Waals surface area (Å²) in [6.07, 6.45) is 0. The lowest BCUT2D eigenvalue weighted by molar-refractivity contribution is 0.179. The van der Waals surface area contributed by atoms with Gasteiger partial charge in [-0.3, -0.25) is 4.90 Å². The first kappa shape index (κ1) is 18.0. The van der Waals surface area contributed by atoms with E-state index in [0.29, 0.717) is 6.73 Å². The smallest absolute Gasteiger partial charge is 0.141 e. The van der Waals surface area contributed by atoms with E-state index in [1.54, 1.807) is 0 Å². The molecule has 26 heavy (non-hydrogen) atoms. The first-order valence-corrected chi connectivity index (χ1v) is 8.85. The Morgan fingerprint density at radius 3 is 1.73 bits per heavy atom. The number of ether oxygens (including phenoxy) is 1. The molecule has 0 fully saturated rings. The lowest BCUT2D eigenvalue weighted by atomic mass is 9.90. The summed E-state index contributed by atoms with van der Waals surface area (Å²) in [6.45, 7) is 2.76. The van der Waals surface area contributed by atoms with Crippen LogP contribution >= 0.6 is 0 Å². The second-order valence-electron chi connectivity index (χ2n) is 6.61. The van der Waals surface area contributed by atoms with Gasteiger partial charge in [-0.05, 0) is 61.0 Å². The summed E-state index contributed by atoms with van der Waals surface area (Å²) < 4.78 is 5.76. The number of benzene rings is 3. The van der Waals surface area contributed by atoms with E-state index in [9.17, 15) is 0 Å². The highest BCUT2D eigenvalue weighted by Crippen LogP contribution is 2.32. The van der Waals surface area contributed by atoms with E-state index in [4.69, 9.17) is 4.74 Å². The fraction of sp³-hybridized carbons (Fsp3) is 0.167. The molecule has 3 aromatic carbocycles. The maximum absolute atomic E-state index is 5.76. The Balaban J connectivity index is 2.02. The van der Waals surface area contributed by atoms with Gasteiger partial charge in [-0.1, -0.05) is 72.8 Å². The maximum Gasteiger partial charge on any atom is 0.141 e. The molecule has 0 radical (unpaired) electrons. The summed E-state index contributed by atoms with van der Waals surface area (Å²) in [7, 11) is 3.99. The van der Waals surface area contributed by atoms with Gasteiger partial charge in [0.15, 0.2) is 0 Å². The van der Waals surface area contributed by atoms with Crippen LogP contribution < -0.4 is 4.74 Å². The molecule has 0 saturated carbocycles. The van der Waals surface area contributed by atoms with Crippen LogP contribution in [0.2, 0.25) is 0 Å². The van der Waals surface area contributed by atoms with Crippen molar-refractivity contribution in [1.29, 1.82) is 0 Å². The summed E-state index contributed by atoms with van der Waals surface area (Å²) in [5.74, 6) is 0.882. The van der Waals surface area contributed by atoms with Gasteiger partial charge in [0.05, 0.1) is 0 Å². The molecule has 2 heteroatoms. The van der Waals surface area contributed by atoms with E-state index in [2.05, 4.69) is 79.7 Å². The molecule has 0 aliphatic heterocycles. The highest BCUT2D eigenvalue weighted by atomic mass is 16.5. The second kappa shape index (κ2) is 8.50. The van der Waals surface area contributed by atoms with Crippen LogP contribution in [0, 0.1) is 0 Å².